The SMILES string of the molecule is CC[C@@H](C)NC(=O)C(=O)NC[C@@H](C)O. The molecule has 0 saturated heterocycles. The van der Waals surface area contributed by atoms with E-state index in [9.17, 15) is 9.59 Å². The topological polar surface area (TPSA) is 78.4 Å². The van der Waals surface area contributed by atoms with Crippen LogP contribution in [0.1, 0.15) is 27.2 Å². The maximum absolute atomic E-state index is 11.1. The maximum Gasteiger partial charge on any atom is 0.309 e. The molecule has 5 nitrogen and oxygen atoms in total. The first-order chi connectivity index (χ1) is 6.47. The molecular formula is C9H18N2O3. The number of aliphatic hydroxyl groups is 1. The smallest absolute Gasteiger partial charge is 0.309 e. The molecule has 0 unspecified atom stereocenters. The highest BCUT2D eigenvalue weighted by Gasteiger charge is 2.14. The van der Waals surface area contributed by atoms with Crippen LogP contribution in [-0.4, -0.2) is 35.6 Å². The Hall–Kier alpha value is -1.10. The molecule has 0 spiro atoms. The zero-order chi connectivity index (χ0) is 11.1. The third kappa shape index (κ3) is 5.53. The molecule has 0 aliphatic heterocycles. The normalized spacial score (nSPS) is 14.3. The molecule has 14 heavy (non-hydrogen) atoms. The summed E-state index contributed by atoms with van der Waals surface area (Å²) in [4.78, 5) is 22.2. The van der Waals surface area contributed by atoms with Gasteiger partial charge in [0.05, 0.1) is 6.10 Å². The number of aliphatic hydroxyl groups excluding tert-OH is 1. The lowest BCUT2D eigenvalue weighted by Gasteiger charge is -2.11. The van der Waals surface area contributed by atoms with Gasteiger partial charge >= 0.3 is 11.8 Å². The fourth-order valence-corrected chi connectivity index (χ4v) is 0.712. The van der Waals surface area contributed by atoms with E-state index in [0.29, 0.717) is 0 Å². The van der Waals surface area contributed by atoms with Crippen molar-refractivity contribution in [3.05, 3.63) is 0 Å². The number of rotatable bonds is 4. The molecule has 2 atom stereocenters. The van der Waals surface area contributed by atoms with Gasteiger partial charge in [-0.05, 0) is 20.3 Å². The zero-order valence-corrected chi connectivity index (χ0v) is 8.83. The average molecular weight is 202 g/mol. The lowest BCUT2D eigenvalue weighted by Crippen LogP contribution is -2.45. The number of carbonyl (C=O) groups excluding carboxylic acids is 2. The van der Waals surface area contributed by atoms with Gasteiger partial charge in [0.1, 0.15) is 0 Å². The van der Waals surface area contributed by atoms with Crippen molar-refractivity contribution in [1.82, 2.24) is 10.6 Å². The van der Waals surface area contributed by atoms with Gasteiger partial charge in [-0.25, -0.2) is 0 Å². The fourth-order valence-electron chi connectivity index (χ4n) is 0.712. The van der Waals surface area contributed by atoms with Crippen molar-refractivity contribution in [2.24, 2.45) is 0 Å². The molecule has 0 bridgehead atoms. The highest BCUT2D eigenvalue weighted by molar-refractivity contribution is 6.35. The predicted octanol–water partition coefficient (Wildman–Crippen LogP) is -0.602. The number of carbonyl (C=O) groups is 2. The molecule has 2 amide bonds. The van der Waals surface area contributed by atoms with Crippen molar-refractivity contribution < 1.29 is 14.7 Å². The second-order valence-corrected chi connectivity index (χ2v) is 3.34. The molecule has 0 aliphatic carbocycles. The van der Waals surface area contributed by atoms with Crippen LogP contribution in [0.3, 0.4) is 0 Å². The quantitative estimate of drug-likeness (QED) is 0.533. The minimum Gasteiger partial charge on any atom is -0.392 e. The van der Waals surface area contributed by atoms with Crippen molar-refractivity contribution in [2.45, 2.75) is 39.3 Å². The van der Waals surface area contributed by atoms with E-state index in [1.165, 1.54) is 6.92 Å². The molecule has 0 radical (unpaired) electrons. The van der Waals surface area contributed by atoms with Crippen LogP contribution in [0.15, 0.2) is 0 Å². The van der Waals surface area contributed by atoms with Crippen LogP contribution in [0.4, 0.5) is 0 Å². The summed E-state index contributed by atoms with van der Waals surface area (Å²) in [5.74, 6) is -1.36. The van der Waals surface area contributed by atoms with Gasteiger partial charge in [-0.15, -0.1) is 0 Å². The van der Waals surface area contributed by atoms with Crippen molar-refractivity contribution in [3.8, 4) is 0 Å². The molecule has 0 aromatic heterocycles. The third-order valence-electron chi connectivity index (χ3n) is 1.75. The van der Waals surface area contributed by atoms with E-state index in [2.05, 4.69) is 10.6 Å². The molecular weight excluding hydrogens is 184 g/mol. The van der Waals surface area contributed by atoms with E-state index in [1.807, 2.05) is 13.8 Å². The number of hydrogen-bond acceptors (Lipinski definition) is 3. The minimum absolute atomic E-state index is 0.0141. The number of hydrogen-bond donors (Lipinski definition) is 3. The first-order valence-electron chi connectivity index (χ1n) is 4.74. The summed E-state index contributed by atoms with van der Waals surface area (Å²) in [6, 6.07) is -0.0141. The van der Waals surface area contributed by atoms with Gasteiger partial charge in [-0.2, -0.15) is 0 Å². The van der Waals surface area contributed by atoms with Crippen LogP contribution >= 0.6 is 0 Å². The molecule has 0 saturated carbocycles. The second kappa shape index (κ2) is 6.37. The molecule has 0 aromatic carbocycles. The Morgan fingerprint density at radius 2 is 1.86 bits per heavy atom. The minimum atomic E-state index is -0.703. The molecule has 0 fully saturated rings. The van der Waals surface area contributed by atoms with Crippen LogP contribution in [0.2, 0.25) is 0 Å². The summed E-state index contributed by atoms with van der Waals surface area (Å²) in [5, 5.41) is 13.7. The van der Waals surface area contributed by atoms with Gasteiger partial charge in [-0.1, -0.05) is 6.92 Å². The van der Waals surface area contributed by atoms with Crippen molar-refractivity contribution in [1.29, 1.82) is 0 Å². The molecule has 3 N–H and O–H groups in total. The summed E-state index contributed by atoms with van der Waals surface area (Å²) < 4.78 is 0. The van der Waals surface area contributed by atoms with Gasteiger partial charge in [0.2, 0.25) is 0 Å². The van der Waals surface area contributed by atoms with Gasteiger partial charge in [0.25, 0.3) is 0 Å². The van der Waals surface area contributed by atoms with Crippen molar-refractivity contribution >= 4 is 11.8 Å². The Kier molecular flexibility index (Phi) is 5.87. The number of nitrogens with one attached hydrogen (secondary N) is 2. The Balaban J connectivity index is 3.82. The highest BCUT2D eigenvalue weighted by atomic mass is 16.3. The zero-order valence-electron chi connectivity index (χ0n) is 8.83. The summed E-state index contributed by atoms with van der Waals surface area (Å²) in [6.07, 6.45) is 0.130. The van der Waals surface area contributed by atoms with Gasteiger partial charge < -0.3 is 15.7 Å². The van der Waals surface area contributed by atoms with Crippen molar-refractivity contribution in [3.63, 3.8) is 0 Å². The molecule has 82 valence electrons. The van der Waals surface area contributed by atoms with E-state index >= 15 is 0 Å². The van der Waals surface area contributed by atoms with Crippen LogP contribution < -0.4 is 10.6 Å². The van der Waals surface area contributed by atoms with Crippen LogP contribution in [0.25, 0.3) is 0 Å². The van der Waals surface area contributed by atoms with E-state index in [-0.39, 0.29) is 12.6 Å². The van der Waals surface area contributed by atoms with E-state index in [1.54, 1.807) is 0 Å². The van der Waals surface area contributed by atoms with Gasteiger partial charge in [0, 0.05) is 12.6 Å². The summed E-state index contributed by atoms with van der Waals surface area (Å²) >= 11 is 0. The second-order valence-electron chi connectivity index (χ2n) is 3.34. The predicted molar refractivity (Wildman–Crippen MR) is 52.6 cm³/mol. The Morgan fingerprint density at radius 3 is 2.29 bits per heavy atom. The van der Waals surface area contributed by atoms with E-state index < -0.39 is 17.9 Å². The Bertz CT molecular complexity index is 204. The molecule has 5 heteroatoms. The van der Waals surface area contributed by atoms with Crippen molar-refractivity contribution in [2.75, 3.05) is 6.54 Å². The largest absolute Gasteiger partial charge is 0.392 e. The van der Waals surface area contributed by atoms with E-state index in [0.717, 1.165) is 6.42 Å². The summed E-state index contributed by atoms with van der Waals surface area (Å²) in [6.45, 7) is 5.36. The maximum atomic E-state index is 11.1. The highest BCUT2D eigenvalue weighted by Crippen LogP contribution is 1.87. The monoisotopic (exact) mass is 202 g/mol. The van der Waals surface area contributed by atoms with Crippen LogP contribution in [-0.2, 0) is 9.59 Å². The first-order valence-corrected chi connectivity index (χ1v) is 4.74. The number of amides is 2. The standard InChI is InChI=1S/C9H18N2O3/c1-4-6(2)11-9(14)8(13)10-5-7(3)12/h6-7,12H,4-5H2,1-3H3,(H,10,13)(H,11,14)/t6-,7-/m1/s1. The Morgan fingerprint density at radius 1 is 1.29 bits per heavy atom. The van der Waals surface area contributed by atoms with Crippen LogP contribution in [0, 0.1) is 0 Å². The molecule has 0 aliphatic rings. The fraction of sp³-hybridized carbons (Fsp3) is 0.778. The summed E-state index contributed by atoms with van der Waals surface area (Å²) in [5.41, 5.74) is 0. The van der Waals surface area contributed by atoms with E-state index in [4.69, 9.17) is 5.11 Å². The summed E-state index contributed by atoms with van der Waals surface area (Å²) in [7, 11) is 0. The molecule has 0 heterocycles. The lowest BCUT2D eigenvalue weighted by molar-refractivity contribution is -0.139. The van der Waals surface area contributed by atoms with Gasteiger partial charge in [0.15, 0.2) is 0 Å². The average Bonchev–Trinajstić information content (AvgIpc) is 2.13. The van der Waals surface area contributed by atoms with Crippen LogP contribution in [0.5, 0.6) is 0 Å². The Labute approximate surface area is 83.9 Å². The third-order valence-corrected chi connectivity index (χ3v) is 1.75. The molecule has 0 rings (SSSR count). The first kappa shape index (κ1) is 12.9. The molecule has 0 aromatic rings. The lowest BCUT2D eigenvalue weighted by atomic mass is 10.2. The van der Waals surface area contributed by atoms with Gasteiger partial charge in [-0.3, -0.25) is 9.59 Å².